The van der Waals surface area contributed by atoms with Crippen molar-refractivity contribution in [3.63, 3.8) is 0 Å². The van der Waals surface area contributed by atoms with E-state index < -0.39 is 22.8 Å². The van der Waals surface area contributed by atoms with E-state index in [2.05, 4.69) is 41.1 Å². The quantitative estimate of drug-likeness (QED) is 0.255. The first-order valence-electron chi connectivity index (χ1n) is 10.6. The molecule has 4 aromatic rings. The summed E-state index contributed by atoms with van der Waals surface area (Å²) in [6, 6.07) is 7.59. The summed E-state index contributed by atoms with van der Waals surface area (Å²) in [5, 5.41) is 14.2. The molecule has 1 aromatic carbocycles. The molecule has 0 aliphatic heterocycles. The van der Waals surface area contributed by atoms with Crippen molar-refractivity contribution < 1.29 is 18.0 Å². The fourth-order valence-electron chi connectivity index (χ4n) is 3.34. The Hall–Kier alpha value is -4.19. The highest BCUT2D eigenvalue weighted by Crippen LogP contribution is 2.36. The van der Waals surface area contributed by atoms with E-state index in [4.69, 9.17) is 11.6 Å². The second kappa shape index (κ2) is 10.2. The molecular formula is C23H20ClF3N8O. The van der Waals surface area contributed by atoms with Crippen LogP contribution in [0.3, 0.4) is 0 Å². The Labute approximate surface area is 208 Å². The number of halogens is 4. The van der Waals surface area contributed by atoms with Crippen LogP contribution in [-0.2, 0) is 12.6 Å². The van der Waals surface area contributed by atoms with Crippen LogP contribution in [-0.4, -0.2) is 31.2 Å². The first kappa shape index (κ1) is 24.9. The van der Waals surface area contributed by atoms with Crippen LogP contribution in [0.25, 0.3) is 0 Å². The average Bonchev–Trinajstić information content (AvgIpc) is 3.29. The van der Waals surface area contributed by atoms with Crippen LogP contribution in [0, 0.1) is 13.8 Å². The van der Waals surface area contributed by atoms with Crippen molar-refractivity contribution in [2.24, 2.45) is 0 Å². The maximum absolute atomic E-state index is 13.0. The predicted octanol–water partition coefficient (Wildman–Crippen LogP) is 5.86. The minimum absolute atomic E-state index is 0.0614. The number of benzene rings is 1. The number of nitrogens with one attached hydrogen (secondary N) is 4. The molecule has 3 heterocycles. The Bertz CT molecular complexity index is 1390. The van der Waals surface area contributed by atoms with Crippen LogP contribution in [0.4, 0.5) is 41.1 Å². The summed E-state index contributed by atoms with van der Waals surface area (Å²) in [6.07, 6.45) is -1.04. The Morgan fingerprint density at radius 3 is 2.56 bits per heavy atom. The van der Waals surface area contributed by atoms with E-state index in [0.717, 1.165) is 29.0 Å². The third-order valence-electron chi connectivity index (χ3n) is 5.00. The lowest BCUT2D eigenvalue weighted by molar-refractivity contribution is -0.137. The molecule has 0 aliphatic rings. The van der Waals surface area contributed by atoms with E-state index in [1.807, 2.05) is 13.8 Å². The van der Waals surface area contributed by atoms with Gasteiger partial charge in [-0.3, -0.25) is 10.4 Å². The summed E-state index contributed by atoms with van der Waals surface area (Å²) in [5.41, 5.74) is 1.33. The molecular weight excluding hydrogens is 497 g/mol. The molecule has 0 aliphatic carbocycles. The second-order valence-electron chi connectivity index (χ2n) is 7.85. The van der Waals surface area contributed by atoms with Gasteiger partial charge in [0.15, 0.2) is 0 Å². The van der Waals surface area contributed by atoms with E-state index in [1.165, 1.54) is 6.07 Å². The van der Waals surface area contributed by atoms with Gasteiger partial charge in [-0.2, -0.15) is 18.3 Å². The molecule has 4 N–H and O–H groups in total. The number of hydrogen-bond donors (Lipinski definition) is 4. The molecule has 3 aromatic heterocycles. The van der Waals surface area contributed by atoms with E-state index in [9.17, 15) is 18.0 Å². The average molecular weight is 517 g/mol. The fourth-order valence-corrected chi connectivity index (χ4v) is 3.57. The molecule has 36 heavy (non-hydrogen) atoms. The molecule has 0 atom stereocenters. The normalized spacial score (nSPS) is 11.3. The molecule has 9 nitrogen and oxygen atoms in total. The fraction of sp³-hybridized carbons (Fsp3) is 0.174. The maximum atomic E-state index is 13.0. The molecule has 0 bridgehead atoms. The van der Waals surface area contributed by atoms with Crippen molar-refractivity contribution in [3.8, 4) is 0 Å². The van der Waals surface area contributed by atoms with Crippen LogP contribution >= 0.6 is 11.6 Å². The molecule has 186 valence electrons. The summed E-state index contributed by atoms with van der Waals surface area (Å²) in [6.45, 7) is 3.70. The Morgan fingerprint density at radius 1 is 1.06 bits per heavy atom. The van der Waals surface area contributed by atoms with Gasteiger partial charge in [0.1, 0.15) is 23.3 Å². The minimum atomic E-state index is -4.64. The van der Waals surface area contributed by atoms with E-state index >= 15 is 0 Å². The summed E-state index contributed by atoms with van der Waals surface area (Å²) in [4.78, 5) is 25.5. The minimum Gasteiger partial charge on any atom is -0.325 e. The van der Waals surface area contributed by atoms with E-state index in [1.54, 1.807) is 30.6 Å². The highest BCUT2D eigenvalue weighted by Gasteiger charge is 2.33. The van der Waals surface area contributed by atoms with Gasteiger partial charge in [0.25, 0.3) is 0 Å². The number of aromatic amines is 1. The van der Waals surface area contributed by atoms with Gasteiger partial charge < -0.3 is 10.6 Å². The summed E-state index contributed by atoms with van der Waals surface area (Å²) < 4.78 is 39.1. The highest BCUT2D eigenvalue weighted by atomic mass is 35.5. The number of pyridine rings is 1. The predicted molar refractivity (Wildman–Crippen MR) is 130 cm³/mol. The number of rotatable bonds is 6. The van der Waals surface area contributed by atoms with Crippen molar-refractivity contribution in [2.45, 2.75) is 26.4 Å². The lowest BCUT2D eigenvalue weighted by Gasteiger charge is -2.13. The number of carbonyl (C=O) groups excluding carboxylic acids is 1. The van der Waals surface area contributed by atoms with Gasteiger partial charge in [0.2, 0.25) is 0 Å². The molecule has 0 unspecified atom stereocenters. The van der Waals surface area contributed by atoms with Gasteiger partial charge in [-0.1, -0.05) is 11.6 Å². The smallest absolute Gasteiger partial charge is 0.325 e. The Kier molecular flexibility index (Phi) is 7.06. The zero-order valence-corrected chi connectivity index (χ0v) is 19.8. The van der Waals surface area contributed by atoms with E-state index in [0.29, 0.717) is 23.9 Å². The molecule has 0 radical (unpaired) electrons. The molecule has 0 saturated carbocycles. The number of urea groups is 1. The molecule has 0 spiro atoms. The Balaban J connectivity index is 1.43. The number of anilines is 4. The van der Waals surface area contributed by atoms with Crippen molar-refractivity contribution in [1.82, 2.24) is 25.1 Å². The van der Waals surface area contributed by atoms with Gasteiger partial charge >= 0.3 is 12.2 Å². The van der Waals surface area contributed by atoms with Crippen LogP contribution in [0.1, 0.15) is 28.2 Å². The SMILES string of the molecule is Cc1cc(Nc2ccn[nH]2)nc(Cc2cnc(NC(=O)Nc3ccc(Cl)c(C(F)(F)F)c3)cc2C)n1. The van der Waals surface area contributed by atoms with Crippen LogP contribution < -0.4 is 16.0 Å². The summed E-state index contributed by atoms with van der Waals surface area (Å²) in [5.74, 6) is 2.10. The zero-order valence-electron chi connectivity index (χ0n) is 19.0. The number of alkyl halides is 3. The third-order valence-corrected chi connectivity index (χ3v) is 5.33. The number of aromatic nitrogens is 5. The summed E-state index contributed by atoms with van der Waals surface area (Å²) in [7, 11) is 0. The topological polar surface area (TPSA) is 121 Å². The Morgan fingerprint density at radius 2 is 1.86 bits per heavy atom. The number of nitrogens with zero attached hydrogens (tertiary/aromatic N) is 4. The zero-order chi connectivity index (χ0) is 25.9. The first-order valence-corrected chi connectivity index (χ1v) is 11.0. The van der Waals surface area contributed by atoms with Gasteiger partial charge in [-0.25, -0.2) is 19.7 Å². The lowest BCUT2D eigenvalue weighted by Crippen LogP contribution is -2.20. The summed E-state index contributed by atoms with van der Waals surface area (Å²) >= 11 is 5.61. The van der Waals surface area contributed by atoms with Crippen molar-refractivity contribution in [3.05, 3.63) is 82.0 Å². The third kappa shape index (κ3) is 6.27. The molecule has 2 amide bonds. The number of amides is 2. The van der Waals surface area contributed by atoms with Gasteiger partial charge in [0, 0.05) is 36.1 Å². The molecule has 4 rings (SSSR count). The van der Waals surface area contributed by atoms with Crippen LogP contribution in [0.5, 0.6) is 0 Å². The number of H-pyrrole nitrogens is 1. The van der Waals surface area contributed by atoms with E-state index in [-0.39, 0.29) is 11.5 Å². The van der Waals surface area contributed by atoms with Crippen LogP contribution in [0.15, 0.2) is 48.8 Å². The highest BCUT2D eigenvalue weighted by molar-refractivity contribution is 6.31. The van der Waals surface area contributed by atoms with Crippen molar-refractivity contribution >= 4 is 40.8 Å². The van der Waals surface area contributed by atoms with Crippen molar-refractivity contribution in [2.75, 3.05) is 16.0 Å². The van der Waals surface area contributed by atoms with Gasteiger partial charge in [-0.05, 0) is 49.2 Å². The largest absolute Gasteiger partial charge is 0.417 e. The maximum Gasteiger partial charge on any atom is 0.417 e. The van der Waals surface area contributed by atoms with Gasteiger partial charge in [-0.15, -0.1) is 0 Å². The second-order valence-corrected chi connectivity index (χ2v) is 8.26. The lowest BCUT2D eigenvalue weighted by atomic mass is 10.1. The van der Waals surface area contributed by atoms with Crippen molar-refractivity contribution in [1.29, 1.82) is 0 Å². The molecule has 0 saturated heterocycles. The standard InChI is InChI=1S/C23H20ClF3N8O/c1-12-7-19(34-22(36)31-15-3-4-17(24)16(10-15)23(25,26)27)28-11-14(12)9-21-30-13(2)8-20(33-21)32-18-5-6-29-35-18/h3-8,10-11H,9H2,1-2H3,(H2,28,31,34,36)(H2,29,30,32,33,35). The van der Waals surface area contributed by atoms with Gasteiger partial charge in [0.05, 0.1) is 16.8 Å². The monoisotopic (exact) mass is 516 g/mol. The molecule has 0 fully saturated rings. The first-order chi connectivity index (χ1) is 17.1. The number of aryl methyl sites for hydroxylation is 2. The number of hydrogen-bond acceptors (Lipinski definition) is 6. The van der Waals surface area contributed by atoms with Crippen LogP contribution in [0.2, 0.25) is 5.02 Å². The molecule has 13 heteroatoms. The number of carbonyl (C=O) groups is 1.